The number of aliphatic hydroxyl groups excluding tert-OH is 1. The molecule has 4 heteroatoms. The summed E-state index contributed by atoms with van der Waals surface area (Å²) in [4.78, 5) is 11.8. The van der Waals surface area contributed by atoms with Gasteiger partial charge in [0.15, 0.2) is 0 Å². The van der Waals surface area contributed by atoms with Crippen LogP contribution in [0.1, 0.15) is 39.5 Å². The third kappa shape index (κ3) is 4.18. The maximum absolute atomic E-state index is 11.8. The summed E-state index contributed by atoms with van der Waals surface area (Å²) in [5.41, 5.74) is -0.132. The fourth-order valence-electron chi connectivity index (χ4n) is 2.38. The van der Waals surface area contributed by atoms with Crippen molar-refractivity contribution in [2.75, 3.05) is 18.6 Å². The van der Waals surface area contributed by atoms with E-state index in [2.05, 4.69) is 12.2 Å². The van der Waals surface area contributed by atoms with Crippen LogP contribution in [-0.4, -0.2) is 35.7 Å². The van der Waals surface area contributed by atoms with Crippen molar-refractivity contribution in [1.29, 1.82) is 0 Å². The minimum atomic E-state index is -0.271. The Morgan fingerprint density at radius 2 is 2.29 bits per heavy atom. The van der Waals surface area contributed by atoms with Gasteiger partial charge in [-0.1, -0.05) is 26.7 Å². The van der Waals surface area contributed by atoms with Crippen LogP contribution < -0.4 is 5.32 Å². The van der Waals surface area contributed by atoms with Crippen molar-refractivity contribution < 1.29 is 9.90 Å². The van der Waals surface area contributed by atoms with E-state index in [1.165, 1.54) is 0 Å². The van der Waals surface area contributed by atoms with Crippen molar-refractivity contribution in [3.05, 3.63) is 0 Å². The number of thioether (sulfide) groups is 1. The number of hydrogen-bond acceptors (Lipinski definition) is 3. The van der Waals surface area contributed by atoms with E-state index < -0.39 is 0 Å². The van der Waals surface area contributed by atoms with E-state index >= 15 is 0 Å². The highest BCUT2D eigenvalue weighted by atomic mass is 32.2. The molecule has 0 radical (unpaired) electrons. The van der Waals surface area contributed by atoms with Crippen LogP contribution in [-0.2, 0) is 4.79 Å². The molecule has 2 N–H and O–H groups in total. The fraction of sp³-hybridized carbons (Fsp3) is 0.923. The first-order valence-electron chi connectivity index (χ1n) is 6.44. The quantitative estimate of drug-likeness (QED) is 0.794. The summed E-state index contributed by atoms with van der Waals surface area (Å²) in [6.07, 6.45) is 5.87. The maximum Gasteiger partial charge on any atom is 0.223 e. The van der Waals surface area contributed by atoms with E-state index in [1.54, 1.807) is 11.8 Å². The molecule has 0 bridgehead atoms. The molecule has 0 aliphatic heterocycles. The lowest BCUT2D eigenvalue weighted by Crippen LogP contribution is -2.46. The molecule has 1 saturated carbocycles. The number of amides is 1. The molecule has 1 amide bonds. The molecular formula is C13H25NO2S. The molecule has 0 saturated heterocycles. The first-order chi connectivity index (χ1) is 7.99. The normalized spacial score (nSPS) is 30.9. The Labute approximate surface area is 109 Å². The highest BCUT2D eigenvalue weighted by Crippen LogP contribution is 2.35. The molecule has 0 spiro atoms. The minimum absolute atomic E-state index is 0.0503. The minimum Gasteiger partial charge on any atom is -0.392 e. The Balaban J connectivity index is 2.40. The molecule has 1 aliphatic carbocycles. The van der Waals surface area contributed by atoms with Crippen molar-refractivity contribution in [3.8, 4) is 0 Å². The van der Waals surface area contributed by atoms with Gasteiger partial charge in [-0.25, -0.2) is 0 Å². The van der Waals surface area contributed by atoms with Crippen LogP contribution >= 0.6 is 11.8 Å². The summed E-state index contributed by atoms with van der Waals surface area (Å²) in [5.74, 6) is 1.01. The lowest BCUT2D eigenvalue weighted by Gasteiger charge is -2.38. The second-order valence-electron chi connectivity index (χ2n) is 5.49. The monoisotopic (exact) mass is 259 g/mol. The Hall–Kier alpha value is -0.220. The lowest BCUT2D eigenvalue weighted by atomic mass is 9.73. The number of aliphatic hydroxyl groups is 1. The Kier molecular flexibility index (Phi) is 5.80. The summed E-state index contributed by atoms with van der Waals surface area (Å²) in [6.45, 7) is 4.63. The zero-order chi connectivity index (χ0) is 12.9. The molecule has 0 unspecified atom stereocenters. The van der Waals surface area contributed by atoms with Gasteiger partial charge in [-0.05, 0) is 19.1 Å². The van der Waals surface area contributed by atoms with Gasteiger partial charge < -0.3 is 10.4 Å². The Morgan fingerprint density at radius 1 is 1.59 bits per heavy atom. The predicted molar refractivity (Wildman–Crippen MR) is 73.1 cm³/mol. The standard InChI is InChI=1S/C13H25NO2S/c1-10(8-17-3)12(16)14-9-13(2)7-5-4-6-11(13)15/h10-11,15H,4-9H2,1-3H3,(H,14,16)/t10-,11+,13+/m0/s1. The average Bonchev–Trinajstić information content (AvgIpc) is 2.30. The molecule has 0 aromatic heterocycles. The van der Waals surface area contributed by atoms with Crippen LogP contribution in [0.15, 0.2) is 0 Å². The molecule has 17 heavy (non-hydrogen) atoms. The lowest BCUT2D eigenvalue weighted by molar-refractivity contribution is -0.125. The van der Waals surface area contributed by atoms with Gasteiger partial charge in [-0.15, -0.1) is 0 Å². The summed E-state index contributed by atoms with van der Waals surface area (Å²) in [5, 5.41) is 13.0. The zero-order valence-corrected chi connectivity index (χ0v) is 12.0. The predicted octanol–water partition coefficient (Wildman–Crippen LogP) is 2.04. The van der Waals surface area contributed by atoms with Crippen molar-refractivity contribution in [2.24, 2.45) is 11.3 Å². The van der Waals surface area contributed by atoms with Crippen LogP contribution in [0, 0.1) is 11.3 Å². The Morgan fingerprint density at radius 3 is 2.88 bits per heavy atom. The van der Waals surface area contributed by atoms with Crippen LogP contribution in [0.3, 0.4) is 0 Å². The fourth-order valence-corrected chi connectivity index (χ4v) is 3.03. The van der Waals surface area contributed by atoms with Crippen LogP contribution in [0.4, 0.5) is 0 Å². The van der Waals surface area contributed by atoms with Gasteiger partial charge in [-0.3, -0.25) is 4.79 Å². The smallest absolute Gasteiger partial charge is 0.223 e. The topological polar surface area (TPSA) is 49.3 Å². The van der Waals surface area contributed by atoms with Gasteiger partial charge in [0.05, 0.1) is 6.10 Å². The van der Waals surface area contributed by atoms with E-state index in [0.29, 0.717) is 6.54 Å². The van der Waals surface area contributed by atoms with Gasteiger partial charge in [0, 0.05) is 23.6 Å². The van der Waals surface area contributed by atoms with Gasteiger partial charge in [-0.2, -0.15) is 11.8 Å². The number of nitrogens with one attached hydrogen (secondary N) is 1. The first-order valence-corrected chi connectivity index (χ1v) is 7.83. The molecule has 1 rings (SSSR count). The van der Waals surface area contributed by atoms with Crippen molar-refractivity contribution in [2.45, 2.75) is 45.6 Å². The van der Waals surface area contributed by atoms with Gasteiger partial charge in [0.25, 0.3) is 0 Å². The second-order valence-corrected chi connectivity index (χ2v) is 6.40. The molecule has 1 fully saturated rings. The molecule has 1 aliphatic rings. The van der Waals surface area contributed by atoms with Crippen LogP contribution in [0.2, 0.25) is 0 Å². The third-order valence-electron chi connectivity index (χ3n) is 3.81. The Bertz CT molecular complexity index is 260. The largest absolute Gasteiger partial charge is 0.392 e. The SMILES string of the molecule is CSC[C@H](C)C(=O)NC[C@@]1(C)CCCC[C@H]1O. The molecule has 0 aromatic carbocycles. The van der Waals surface area contributed by atoms with E-state index in [0.717, 1.165) is 31.4 Å². The van der Waals surface area contributed by atoms with Gasteiger partial charge in [0.2, 0.25) is 5.91 Å². The summed E-state index contributed by atoms with van der Waals surface area (Å²) >= 11 is 1.69. The molecular weight excluding hydrogens is 234 g/mol. The first kappa shape index (κ1) is 14.8. The number of rotatable bonds is 5. The van der Waals surface area contributed by atoms with Crippen molar-refractivity contribution >= 4 is 17.7 Å². The summed E-state index contributed by atoms with van der Waals surface area (Å²) < 4.78 is 0. The van der Waals surface area contributed by atoms with E-state index in [-0.39, 0.29) is 23.3 Å². The van der Waals surface area contributed by atoms with Gasteiger partial charge >= 0.3 is 0 Å². The summed E-state index contributed by atoms with van der Waals surface area (Å²) in [6, 6.07) is 0. The number of carbonyl (C=O) groups excluding carboxylic acids is 1. The molecule has 100 valence electrons. The molecule has 0 heterocycles. The second kappa shape index (κ2) is 6.64. The molecule has 3 nitrogen and oxygen atoms in total. The maximum atomic E-state index is 11.8. The zero-order valence-electron chi connectivity index (χ0n) is 11.2. The van der Waals surface area contributed by atoms with Gasteiger partial charge in [0.1, 0.15) is 0 Å². The van der Waals surface area contributed by atoms with Crippen LogP contribution in [0.25, 0.3) is 0 Å². The molecule has 3 atom stereocenters. The average molecular weight is 259 g/mol. The highest BCUT2D eigenvalue weighted by Gasteiger charge is 2.35. The van der Waals surface area contributed by atoms with E-state index in [4.69, 9.17) is 0 Å². The van der Waals surface area contributed by atoms with E-state index in [1.807, 2.05) is 13.2 Å². The van der Waals surface area contributed by atoms with Crippen LogP contribution in [0.5, 0.6) is 0 Å². The summed E-state index contributed by atoms with van der Waals surface area (Å²) in [7, 11) is 0. The third-order valence-corrected chi connectivity index (χ3v) is 4.64. The van der Waals surface area contributed by atoms with Crippen molar-refractivity contribution in [3.63, 3.8) is 0 Å². The number of hydrogen-bond donors (Lipinski definition) is 2. The highest BCUT2D eigenvalue weighted by molar-refractivity contribution is 7.98. The number of carbonyl (C=O) groups is 1. The molecule has 0 aromatic rings. The van der Waals surface area contributed by atoms with E-state index in [9.17, 15) is 9.90 Å². The van der Waals surface area contributed by atoms with Crippen molar-refractivity contribution in [1.82, 2.24) is 5.32 Å².